The maximum Gasteiger partial charge on any atom is 0.164 e. The summed E-state index contributed by atoms with van der Waals surface area (Å²) in [4.78, 5) is 14.9. The summed E-state index contributed by atoms with van der Waals surface area (Å²) in [5, 5.41) is 2.63. The zero-order chi connectivity index (χ0) is 34.5. The van der Waals surface area contributed by atoms with E-state index in [1.54, 1.807) is 0 Å². The lowest BCUT2D eigenvalue weighted by molar-refractivity contribution is 0.590. The van der Waals surface area contributed by atoms with Crippen molar-refractivity contribution < 1.29 is 0 Å². The van der Waals surface area contributed by atoms with Gasteiger partial charge in [-0.3, -0.25) is 0 Å². The quantitative estimate of drug-likeness (QED) is 0.189. The van der Waals surface area contributed by atoms with Gasteiger partial charge in [0.2, 0.25) is 0 Å². The highest BCUT2D eigenvalue weighted by Gasteiger charge is 2.22. The van der Waals surface area contributed by atoms with E-state index in [9.17, 15) is 0 Å². The van der Waals surface area contributed by atoms with E-state index in [4.69, 9.17) is 15.0 Å². The number of rotatable bonds is 4. The molecule has 0 saturated carbocycles. The van der Waals surface area contributed by atoms with Crippen molar-refractivity contribution in [1.29, 1.82) is 0 Å². The molecule has 2 aliphatic rings. The fraction of sp³-hybridized carbons (Fsp3) is 0.170. The number of fused-ring (bicyclic) bond motifs is 5. The molecular weight excluding hydrogens is 621 g/mol. The Bertz CT molecular complexity index is 2470. The van der Waals surface area contributed by atoms with Crippen molar-refractivity contribution in [3.05, 3.63) is 167 Å². The smallest absolute Gasteiger partial charge is 0.164 e. The minimum atomic E-state index is 0.0330. The van der Waals surface area contributed by atoms with Gasteiger partial charge in [-0.15, -0.1) is 0 Å². The van der Waals surface area contributed by atoms with Gasteiger partial charge in [0, 0.05) is 33.2 Å². The highest BCUT2D eigenvalue weighted by atomic mass is 15.0. The molecule has 0 N–H and O–H groups in total. The zero-order valence-corrected chi connectivity index (χ0v) is 29.4. The van der Waals surface area contributed by atoms with Gasteiger partial charge in [0.25, 0.3) is 0 Å². The molecule has 4 heterocycles. The van der Waals surface area contributed by atoms with Crippen molar-refractivity contribution >= 4 is 21.8 Å². The molecule has 2 aliphatic heterocycles. The molecule has 4 heteroatoms. The third-order valence-electron chi connectivity index (χ3n) is 10.4. The lowest BCUT2D eigenvalue weighted by Gasteiger charge is -2.21. The van der Waals surface area contributed by atoms with Crippen LogP contribution in [0, 0.1) is 0 Å². The van der Waals surface area contributed by atoms with Crippen LogP contribution in [0.3, 0.4) is 0 Å². The molecule has 51 heavy (non-hydrogen) atoms. The van der Waals surface area contributed by atoms with Gasteiger partial charge in [-0.1, -0.05) is 124 Å². The predicted octanol–water partition coefficient (Wildman–Crippen LogP) is 11.2. The maximum atomic E-state index is 4.99. The number of aromatic nitrogens is 4. The summed E-state index contributed by atoms with van der Waals surface area (Å²) in [6.07, 6.45) is 4.00. The van der Waals surface area contributed by atoms with Crippen LogP contribution in [0.5, 0.6) is 0 Å². The highest BCUT2D eigenvalue weighted by molar-refractivity contribution is 6.11. The molecule has 8 aromatic rings. The van der Waals surface area contributed by atoms with E-state index in [0.717, 1.165) is 48.1 Å². The maximum absolute atomic E-state index is 4.99. The van der Waals surface area contributed by atoms with Crippen LogP contribution in [0.4, 0.5) is 0 Å². The van der Waals surface area contributed by atoms with Crippen molar-refractivity contribution in [3.63, 3.8) is 0 Å². The first-order chi connectivity index (χ1) is 24.9. The molecule has 4 nitrogen and oxygen atoms in total. The monoisotopic (exact) mass is 660 g/mol. The zero-order valence-electron chi connectivity index (χ0n) is 29.4. The lowest BCUT2D eigenvalue weighted by Crippen LogP contribution is -2.12. The molecule has 0 spiro atoms. The topological polar surface area (TPSA) is 43.6 Å². The molecule has 2 aromatic heterocycles. The second kappa shape index (κ2) is 12.5. The molecule has 10 rings (SSSR count). The summed E-state index contributed by atoms with van der Waals surface area (Å²) in [6, 6.07) is 50.4. The average Bonchev–Trinajstić information content (AvgIpc) is 3.50. The Balaban J connectivity index is 1.22. The van der Waals surface area contributed by atoms with Crippen LogP contribution in [0.15, 0.2) is 140 Å². The van der Waals surface area contributed by atoms with Crippen molar-refractivity contribution in [1.82, 2.24) is 19.5 Å². The van der Waals surface area contributed by atoms with Crippen molar-refractivity contribution in [2.45, 2.75) is 51.9 Å². The summed E-state index contributed by atoms with van der Waals surface area (Å²) >= 11 is 0. The predicted molar refractivity (Wildman–Crippen MR) is 210 cm³/mol. The number of nitrogens with zero attached hydrogens (tertiary/aromatic N) is 4. The average molecular weight is 661 g/mol. The Morgan fingerprint density at radius 2 is 0.980 bits per heavy atom. The molecule has 0 aliphatic carbocycles. The first kappa shape index (κ1) is 31.1. The Morgan fingerprint density at radius 3 is 1.55 bits per heavy atom. The SMILES string of the molecule is CC(C)(C)c1cc2c3c(c1)c1ccc(cc1n3-c1ccc(-c3nc(-c4ccccc4)nc(-c4ccccc4)n3)cc1)CCc1ccc(cc1)CC2. The standard InChI is InChI=1S/C47H40N4/c1-47(2,3)38-29-37-22-20-32-16-14-31(15-17-32)18-19-33-21-27-40-41(30-38)43(37)51(42(40)28-33)39-25-23-36(24-26-39)46-49-44(34-10-6-4-7-11-34)48-45(50-46)35-12-8-5-9-13-35/h4-17,21,23-30H,18-20,22H2,1-3H3. The largest absolute Gasteiger partial charge is 0.309 e. The first-order valence-electron chi connectivity index (χ1n) is 18.0. The molecule has 248 valence electrons. The summed E-state index contributed by atoms with van der Waals surface area (Å²) in [7, 11) is 0. The van der Waals surface area contributed by atoms with Gasteiger partial charge in [-0.2, -0.15) is 0 Å². The minimum absolute atomic E-state index is 0.0330. The fourth-order valence-corrected chi connectivity index (χ4v) is 7.46. The third-order valence-corrected chi connectivity index (χ3v) is 10.4. The van der Waals surface area contributed by atoms with Crippen molar-refractivity contribution in [3.8, 4) is 39.9 Å². The van der Waals surface area contributed by atoms with Crippen LogP contribution >= 0.6 is 0 Å². The summed E-state index contributed by atoms with van der Waals surface area (Å²) < 4.78 is 2.51. The van der Waals surface area contributed by atoms with E-state index >= 15 is 0 Å². The Labute approximate surface area is 299 Å². The Hall–Kier alpha value is -5.87. The summed E-state index contributed by atoms with van der Waals surface area (Å²) in [5.41, 5.74) is 13.5. The van der Waals surface area contributed by atoms with Crippen LogP contribution in [0.1, 0.15) is 48.6 Å². The molecule has 0 saturated heterocycles. The molecule has 0 amide bonds. The molecule has 6 aromatic carbocycles. The van der Waals surface area contributed by atoms with Crippen molar-refractivity contribution in [2.24, 2.45) is 0 Å². The van der Waals surface area contributed by atoms with Gasteiger partial charge >= 0.3 is 0 Å². The number of benzene rings is 6. The second-order valence-electron chi connectivity index (χ2n) is 14.9. The lowest BCUT2D eigenvalue weighted by atomic mass is 9.84. The van der Waals surface area contributed by atoms with E-state index < -0.39 is 0 Å². The molecule has 0 unspecified atom stereocenters. The van der Waals surface area contributed by atoms with Crippen LogP contribution in [-0.4, -0.2) is 19.5 Å². The van der Waals surface area contributed by atoms with Gasteiger partial charge < -0.3 is 4.57 Å². The molecule has 0 atom stereocenters. The van der Waals surface area contributed by atoms with Gasteiger partial charge in [0.15, 0.2) is 17.5 Å². The number of hydrogen-bond acceptors (Lipinski definition) is 3. The third kappa shape index (κ3) is 5.91. The van der Waals surface area contributed by atoms with Crippen molar-refractivity contribution in [2.75, 3.05) is 0 Å². The van der Waals surface area contributed by atoms with Crippen LogP contribution < -0.4 is 0 Å². The van der Waals surface area contributed by atoms with Crippen LogP contribution in [-0.2, 0) is 31.1 Å². The summed E-state index contributed by atoms with van der Waals surface area (Å²) in [5.74, 6) is 2.00. The fourth-order valence-electron chi connectivity index (χ4n) is 7.46. The van der Waals surface area contributed by atoms with Gasteiger partial charge in [0.05, 0.1) is 11.0 Å². The van der Waals surface area contributed by atoms with E-state index in [-0.39, 0.29) is 5.41 Å². The van der Waals surface area contributed by atoms with E-state index in [1.165, 1.54) is 49.6 Å². The Morgan fingerprint density at radius 1 is 0.471 bits per heavy atom. The highest BCUT2D eigenvalue weighted by Crippen LogP contribution is 2.39. The Kier molecular flexibility index (Phi) is 7.61. The number of aryl methyl sites for hydroxylation is 4. The van der Waals surface area contributed by atoms with Crippen LogP contribution in [0.25, 0.3) is 61.7 Å². The molecular formula is C47H40N4. The molecule has 0 radical (unpaired) electrons. The molecule has 5 bridgehead atoms. The number of hydrogen-bond donors (Lipinski definition) is 0. The van der Waals surface area contributed by atoms with E-state index in [2.05, 4.69) is 104 Å². The first-order valence-corrected chi connectivity index (χ1v) is 18.0. The summed E-state index contributed by atoms with van der Waals surface area (Å²) in [6.45, 7) is 6.97. The molecule has 0 fully saturated rings. The van der Waals surface area contributed by atoms with E-state index in [1.807, 2.05) is 60.7 Å². The van der Waals surface area contributed by atoms with Gasteiger partial charge in [-0.25, -0.2) is 15.0 Å². The van der Waals surface area contributed by atoms with Gasteiger partial charge in [0.1, 0.15) is 0 Å². The van der Waals surface area contributed by atoms with Crippen LogP contribution in [0.2, 0.25) is 0 Å². The second-order valence-corrected chi connectivity index (χ2v) is 14.9. The van der Waals surface area contributed by atoms with Gasteiger partial charge in [-0.05, 0) is 95.3 Å². The van der Waals surface area contributed by atoms with E-state index in [0.29, 0.717) is 17.5 Å². The normalized spacial score (nSPS) is 13.1. The minimum Gasteiger partial charge on any atom is -0.309 e.